The van der Waals surface area contributed by atoms with Crippen LogP contribution in [0, 0.1) is 5.82 Å². The monoisotopic (exact) mass is 502 g/mol. The van der Waals surface area contributed by atoms with Crippen LogP contribution in [-0.2, 0) is 24.5 Å². The van der Waals surface area contributed by atoms with Crippen molar-refractivity contribution < 1.29 is 27.4 Å². The second kappa shape index (κ2) is 12.1. The summed E-state index contributed by atoms with van der Waals surface area (Å²) in [6.45, 7) is -1.59. The van der Waals surface area contributed by atoms with E-state index >= 15 is 0 Å². The molecule has 4 aromatic rings. The zero-order chi connectivity index (χ0) is 24.5. The van der Waals surface area contributed by atoms with Crippen molar-refractivity contribution in [3.63, 3.8) is 0 Å². The van der Waals surface area contributed by atoms with Crippen LogP contribution in [0.3, 0.4) is 0 Å². The fraction of sp³-hybridized carbons (Fsp3) is 0.208. The maximum absolute atomic E-state index is 14.4. The van der Waals surface area contributed by atoms with Crippen molar-refractivity contribution >= 4 is 23.5 Å². The largest absolute Gasteiger partial charge is 0.487 e. The molecule has 0 aliphatic carbocycles. The van der Waals surface area contributed by atoms with E-state index in [2.05, 4.69) is 20.0 Å². The first-order valence-corrected chi connectivity index (χ1v) is 11.4. The number of rotatable bonds is 12. The summed E-state index contributed by atoms with van der Waals surface area (Å²) >= 11 is 1.43. The van der Waals surface area contributed by atoms with Crippen molar-refractivity contribution in [3.05, 3.63) is 87.9 Å². The number of ether oxygens (including phenoxy) is 3. The van der Waals surface area contributed by atoms with E-state index < -0.39 is 12.4 Å². The number of benzene rings is 2. The van der Waals surface area contributed by atoms with Gasteiger partial charge in [0.25, 0.3) is 0 Å². The molecule has 4 rings (SSSR count). The van der Waals surface area contributed by atoms with Gasteiger partial charge in [0.1, 0.15) is 28.9 Å². The quantitative estimate of drug-likeness (QED) is 0.240. The first-order chi connectivity index (χ1) is 17.0. The Kier molecular flexibility index (Phi) is 8.47. The smallest absolute Gasteiger partial charge is 0.387 e. The lowest BCUT2D eigenvalue weighted by Crippen LogP contribution is -2.07. The average molecular weight is 503 g/mol. The lowest BCUT2D eigenvalue weighted by Gasteiger charge is -2.08. The number of hydrogen-bond donors (Lipinski definition) is 0. The van der Waals surface area contributed by atoms with Gasteiger partial charge in [-0.1, -0.05) is 29.5 Å². The van der Waals surface area contributed by atoms with E-state index in [0.29, 0.717) is 30.2 Å². The molecule has 35 heavy (non-hydrogen) atoms. The Morgan fingerprint density at radius 3 is 2.60 bits per heavy atom. The number of alkyl halides is 2. The molecule has 2 aromatic carbocycles. The van der Waals surface area contributed by atoms with Gasteiger partial charge in [0.05, 0.1) is 31.6 Å². The van der Waals surface area contributed by atoms with E-state index in [1.165, 1.54) is 29.5 Å². The second-order valence-electron chi connectivity index (χ2n) is 7.22. The van der Waals surface area contributed by atoms with Gasteiger partial charge in [0.15, 0.2) is 0 Å². The molecule has 0 atom stereocenters. The van der Waals surface area contributed by atoms with Gasteiger partial charge in [-0.15, -0.1) is 16.4 Å². The van der Waals surface area contributed by atoms with Crippen LogP contribution in [0.2, 0.25) is 0 Å². The second-order valence-corrected chi connectivity index (χ2v) is 8.11. The third kappa shape index (κ3) is 7.66. The first kappa shape index (κ1) is 24.4. The minimum Gasteiger partial charge on any atom is -0.487 e. The predicted molar refractivity (Wildman–Crippen MR) is 125 cm³/mol. The molecule has 0 spiro atoms. The topological polar surface area (TPSA) is 71.3 Å². The van der Waals surface area contributed by atoms with E-state index in [1.54, 1.807) is 41.3 Å². The third-order valence-corrected chi connectivity index (χ3v) is 5.56. The number of halogens is 3. The van der Waals surface area contributed by atoms with Crippen LogP contribution in [-0.4, -0.2) is 33.2 Å². The zero-order valence-electron chi connectivity index (χ0n) is 18.4. The third-order valence-electron chi connectivity index (χ3n) is 4.70. The molecule has 0 N–H and O–H groups in total. The SMILES string of the molecule is Fc1cc(OCc2csc(/C=C/c3ccc(OC(F)F)cc3)n2)ccc1COCCn1ccnn1. The molecule has 0 amide bonds. The van der Waals surface area contributed by atoms with Gasteiger partial charge in [-0.05, 0) is 29.8 Å². The molecule has 2 aromatic heterocycles. The highest BCUT2D eigenvalue weighted by Crippen LogP contribution is 2.21. The maximum Gasteiger partial charge on any atom is 0.387 e. The van der Waals surface area contributed by atoms with Gasteiger partial charge in [-0.2, -0.15) is 8.78 Å². The molecule has 0 bridgehead atoms. The van der Waals surface area contributed by atoms with Crippen molar-refractivity contribution in [1.82, 2.24) is 20.0 Å². The van der Waals surface area contributed by atoms with Crippen LogP contribution >= 0.6 is 11.3 Å². The summed E-state index contributed by atoms with van der Waals surface area (Å²) in [5.74, 6) is 0.0891. The zero-order valence-corrected chi connectivity index (χ0v) is 19.2. The molecule has 2 heterocycles. The summed E-state index contributed by atoms with van der Waals surface area (Å²) < 4.78 is 55.9. The summed E-state index contributed by atoms with van der Waals surface area (Å²) in [5.41, 5.74) is 1.96. The van der Waals surface area contributed by atoms with Gasteiger partial charge >= 0.3 is 6.61 Å². The van der Waals surface area contributed by atoms with E-state index in [4.69, 9.17) is 9.47 Å². The Morgan fingerprint density at radius 2 is 1.86 bits per heavy atom. The van der Waals surface area contributed by atoms with E-state index in [1.807, 2.05) is 17.5 Å². The Labute approximate surface area is 203 Å². The molecule has 0 unspecified atom stereocenters. The van der Waals surface area contributed by atoms with Crippen molar-refractivity contribution in [2.45, 2.75) is 26.4 Å². The lowest BCUT2D eigenvalue weighted by atomic mass is 10.2. The van der Waals surface area contributed by atoms with Gasteiger partial charge in [-0.3, -0.25) is 4.68 Å². The summed E-state index contributed by atoms with van der Waals surface area (Å²) in [6, 6.07) is 10.9. The number of hydrogen-bond acceptors (Lipinski definition) is 7. The molecule has 0 aliphatic rings. The molecule has 0 saturated carbocycles. The molecule has 182 valence electrons. The van der Waals surface area contributed by atoms with Crippen molar-refractivity contribution in [2.24, 2.45) is 0 Å². The van der Waals surface area contributed by atoms with Crippen molar-refractivity contribution in [1.29, 1.82) is 0 Å². The van der Waals surface area contributed by atoms with Gasteiger partial charge in [0, 0.05) is 23.2 Å². The fourth-order valence-corrected chi connectivity index (χ4v) is 3.67. The Balaban J connectivity index is 1.23. The highest BCUT2D eigenvalue weighted by atomic mass is 32.1. The van der Waals surface area contributed by atoms with Gasteiger partial charge in [-0.25, -0.2) is 9.37 Å². The van der Waals surface area contributed by atoms with Crippen LogP contribution in [0.5, 0.6) is 11.5 Å². The summed E-state index contributed by atoms with van der Waals surface area (Å²) in [6.07, 6.45) is 6.94. The van der Waals surface area contributed by atoms with Crippen LogP contribution in [0.4, 0.5) is 13.2 Å². The summed E-state index contributed by atoms with van der Waals surface area (Å²) in [4.78, 5) is 4.47. The van der Waals surface area contributed by atoms with Crippen molar-refractivity contribution in [2.75, 3.05) is 6.61 Å². The minimum atomic E-state index is -2.85. The van der Waals surface area contributed by atoms with E-state index in [9.17, 15) is 13.2 Å². The Morgan fingerprint density at radius 1 is 1.03 bits per heavy atom. The van der Waals surface area contributed by atoms with Crippen LogP contribution < -0.4 is 9.47 Å². The van der Waals surface area contributed by atoms with Crippen LogP contribution in [0.1, 0.15) is 21.8 Å². The van der Waals surface area contributed by atoms with Gasteiger partial charge in [0.2, 0.25) is 0 Å². The lowest BCUT2D eigenvalue weighted by molar-refractivity contribution is -0.0498. The average Bonchev–Trinajstić information content (AvgIpc) is 3.53. The summed E-state index contributed by atoms with van der Waals surface area (Å²) in [5, 5.41) is 10.1. The van der Waals surface area contributed by atoms with E-state index in [0.717, 1.165) is 10.6 Å². The number of thiazole rings is 1. The Hall–Kier alpha value is -3.70. The molecule has 0 radical (unpaired) electrons. The Bertz CT molecular complexity index is 1230. The summed E-state index contributed by atoms with van der Waals surface area (Å²) in [7, 11) is 0. The number of nitrogens with zero attached hydrogens (tertiary/aromatic N) is 4. The standard InChI is InChI=1S/C24H21F3N4O3S/c25-22-13-21(7-4-18(22)14-32-12-11-31-10-9-28-30-31)33-15-19-16-35-23(29-19)8-3-17-1-5-20(6-2-17)34-24(26)27/h1-10,13,16,24H,11-12,14-15H2/b8-3+. The van der Waals surface area contributed by atoms with Crippen LogP contribution in [0.25, 0.3) is 12.2 Å². The van der Waals surface area contributed by atoms with Crippen molar-refractivity contribution in [3.8, 4) is 11.5 Å². The normalized spacial score (nSPS) is 11.4. The molecule has 7 nitrogen and oxygen atoms in total. The molecule has 0 saturated heterocycles. The molecule has 0 fully saturated rings. The van der Waals surface area contributed by atoms with E-state index in [-0.39, 0.29) is 19.0 Å². The van der Waals surface area contributed by atoms with Crippen LogP contribution in [0.15, 0.2) is 60.2 Å². The van der Waals surface area contributed by atoms with Gasteiger partial charge < -0.3 is 14.2 Å². The fourth-order valence-electron chi connectivity index (χ4n) is 2.98. The molecular formula is C24H21F3N4O3S. The highest BCUT2D eigenvalue weighted by Gasteiger charge is 2.07. The predicted octanol–water partition coefficient (Wildman–Crippen LogP) is 5.44. The molecule has 0 aliphatic heterocycles. The molecular weight excluding hydrogens is 481 g/mol. The minimum absolute atomic E-state index is 0.103. The maximum atomic E-state index is 14.4. The number of aromatic nitrogens is 4. The highest BCUT2D eigenvalue weighted by molar-refractivity contribution is 7.10. The molecule has 11 heteroatoms. The first-order valence-electron chi connectivity index (χ1n) is 10.6.